The van der Waals surface area contributed by atoms with Crippen molar-refractivity contribution in [3.63, 3.8) is 0 Å². The van der Waals surface area contributed by atoms with E-state index in [9.17, 15) is 17.9 Å². The van der Waals surface area contributed by atoms with Crippen LogP contribution in [0.1, 0.15) is 16.8 Å². The molecule has 3 rings (SSSR count). The Morgan fingerprint density at radius 3 is 2.96 bits per heavy atom. The van der Waals surface area contributed by atoms with Crippen molar-refractivity contribution >= 4 is 34.9 Å². The average molecular weight is 376 g/mol. The molecule has 26 heavy (non-hydrogen) atoms. The van der Waals surface area contributed by atoms with Crippen molar-refractivity contribution in [2.45, 2.75) is 23.5 Å². The molecule has 1 saturated heterocycles. The molecule has 2 aromatic rings. The molecule has 134 valence electrons. The number of alkyl halides is 1. The molecule has 0 spiro atoms. The van der Waals surface area contributed by atoms with Gasteiger partial charge in [0.05, 0.1) is 42.4 Å². The van der Waals surface area contributed by atoms with Crippen LogP contribution in [0.3, 0.4) is 0 Å². The van der Waals surface area contributed by atoms with Crippen LogP contribution in [0.15, 0.2) is 35.4 Å². The molecule has 1 fully saturated rings. The zero-order valence-corrected chi connectivity index (χ0v) is 14.3. The largest absolute Gasteiger partial charge is 0.343 e. The van der Waals surface area contributed by atoms with Gasteiger partial charge in [0, 0.05) is 22.9 Å². The van der Waals surface area contributed by atoms with Crippen LogP contribution in [-0.2, 0) is 4.79 Å². The van der Waals surface area contributed by atoms with E-state index < -0.39 is 24.0 Å². The van der Waals surface area contributed by atoms with Gasteiger partial charge in [-0.05, 0) is 24.3 Å². The molecule has 6 nitrogen and oxygen atoms in total. The Labute approximate surface area is 152 Å². The number of benzene rings is 1. The second-order valence-corrected chi connectivity index (χ2v) is 6.45. The number of nitrogens with zero attached hydrogens (tertiary/aromatic N) is 3. The van der Waals surface area contributed by atoms with Gasteiger partial charge in [-0.2, -0.15) is 9.15 Å². The lowest BCUT2D eigenvalue weighted by Crippen LogP contribution is -2.42. The van der Waals surface area contributed by atoms with Crippen molar-refractivity contribution in [2.24, 2.45) is 0 Å². The number of fused-ring (bicyclic) bond motifs is 1. The van der Waals surface area contributed by atoms with Crippen LogP contribution in [0.4, 0.5) is 8.28 Å². The number of hydrogen-bond donors (Lipinski definition) is 1. The van der Waals surface area contributed by atoms with Crippen molar-refractivity contribution in [3.8, 4) is 6.07 Å². The third-order valence-corrected chi connectivity index (χ3v) is 4.60. The van der Waals surface area contributed by atoms with E-state index in [1.165, 1.54) is 18.3 Å². The molecule has 1 aliphatic heterocycles. The topological polar surface area (TPSA) is 86.1 Å². The summed E-state index contributed by atoms with van der Waals surface area (Å²) < 4.78 is 26.2. The number of aromatic nitrogens is 1. The maximum absolute atomic E-state index is 13.4. The summed E-state index contributed by atoms with van der Waals surface area (Å²) in [6.07, 6.45) is 0.191. The highest BCUT2D eigenvalue weighted by Crippen LogP contribution is 2.25. The zero-order chi connectivity index (χ0) is 18.7. The average Bonchev–Trinajstić information content (AvgIpc) is 3.05. The summed E-state index contributed by atoms with van der Waals surface area (Å²) in [5.41, 5.74) is 0.770. The van der Waals surface area contributed by atoms with Crippen LogP contribution in [-0.4, -0.2) is 47.0 Å². The van der Waals surface area contributed by atoms with E-state index in [1.807, 2.05) is 6.07 Å². The summed E-state index contributed by atoms with van der Waals surface area (Å²) in [6, 6.07) is 7.19. The minimum absolute atomic E-state index is 0.0190. The van der Waals surface area contributed by atoms with E-state index in [0.717, 1.165) is 4.90 Å². The summed E-state index contributed by atoms with van der Waals surface area (Å²) in [5.74, 6) is -1.06. The number of nitriles is 1. The SMILES string of the molecule is N#C[C@@H]1CC(F)CN1C(=O)CNC(=O)c1ccnc2ccc(SF)cc12. The van der Waals surface area contributed by atoms with E-state index in [0.29, 0.717) is 15.8 Å². The zero-order valence-electron chi connectivity index (χ0n) is 13.5. The van der Waals surface area contributed by atoms with Crippen molar-refractivity contribution < 1.29 is 17.9 Å². The maximum atomic E-state index is 13.4. The number of amides is 2. The molecule has 0 aliphatic carbocycles. The highest BCUT2D eigenvalue weighted by molar-refractivity contribution is 7.94. The van der Waals surface area contributed by atoms with Crippen molar-refractivity contribution in [2.75, 3.05) is 13.1 Å². The standard InChI is InChI=1S/C17H14F2N4O2S/c18-10-5-11(7-20)23(9-10)16(24)8-22-17(25)13-3-4-21-15-2-1-12(26-19)6-14(13)15/h1-4,6,10-11H,5,8-9H2,(H,22,25)/t10?,11-/m0/s1. The highest BCUT2D eigenvalue weighted by Gasteiger charge is 2.35. The van der Waals surface area contributed by atoms with Gasteiger partial charge in [0.2, 0.25) is 5.91 Å². The molecule has 1 aromatic heterocycles. The molecule has 1 aliphatic rings. The first-order chi connectivity index (χ1) is 12.5. The second-order valence-electron chi connectivity index (χ2n) is 5.82. The summed E-state index contributed by atoms with van der Waals surface area (Å²) in [7, 11) is 0. The van der Waals surface area contributed by atoms with Gasteiger partial charge in [0.15, 0.2) is 0 Å². The van der Waals surface area contributed by atoms with Gasteiger partial charge in [-0.3, -0.25) is 14.6 Å². The van der Waals surface area contributed by atoms with Gasteiger partial charge < -0.3 is 10.2 Å². The number of carbonyl (C=O) groups excluding carboxylic acids is 2. The molecule has 1 aromatic carbocycles. The number of halogens is 2. The number of hydrogen-bond acceptors (Lipinski definition) is 5. The third-order valence-electron chi connectivity index (χ3n) is 4.17. The number of rotatable bonds is 4. The molecule has 0 saturated carbocycles. The monoisotopic (exact) mass is 376 g/mol. The molecule has 0 bridgehead atoms. The Morgan fingerprint density at radius 1 is 1.42 bits per heavy atom. The molecule has 9 heteroatoms. The molecule has 1 N–H and O–H groups in total. The summed E-state index contributed by atoms with van der Waals surface area (Å²) in [5, 5.41) is 11.9. The maximum Gasteiger partial charge on any atom is 0.252 e. The Hall–Kier alpha value is -2.73. The van der Waals surface area contributed by atoms with Crippen molar-refractivity contribution in [3.05, 3.63) is 36.0 Å². The summed E-state index contributed by atoms with van der Waals surface area (Å²) in [6.45, 7) is -0.507. The highest BCUT2D eigenvalue weighted by atomic mass is 32.2. The second kappa shape index (κ2) is 7.66. The first-order valence-electron chi connectivity index (χ1n) is 7.82. The van der Waals surface area contributed by atoms with Gasteiger partial charge in [-0.15, -0.1) is 0 Å². The fraction of sp³-hybridized carbons (Fsp3) is 0.294. The fourth-order valence-corrected chi connectivity index (χ4v) is 3.19. The Kier molecular flexibility index (Phi) is 5.32. The molecule has 2 atom stereocenters. The van der Waals surface area contributed by atoms with Crippen LogP contribution in [0.5, 0.6) is 0 Å². The van der Waals surface area contributed by atoms with Crippen LogP contribution < -0.4 is 5.32 Å². The number of pyridine rings is 1. The van der Waals surface area contributed by atoms with Crippen LogP contribution >= 0.6 is 12.1 Å². The fourth-order valence-electron chi connectivity index (χ4n) is 2.91. The quantitative estimate of drug-likeness (QED) is 0.886. The molecule has 2 amide bonds. The summed E-state index contributed by atoms with van der Waals surface area (Å²) >= 11 is 0.0556. The molecule has 0 radical (unpaired) electrons. The van der Waals surface area contributed by atoms with Crippen molar-refractivity contribution in [1.82, 2.24) is 15.2 Å². The van der Waals surface area contributed by atoms with Gasteiger partial charge in [0.25, 0.3) is 5.91 Å². The smallest absolute Gasteiger partial charge is 0.252 e. The lowest BCUT2D eigenvalue weighted by molar-refractivity contribution is -0.130. The number of likely N-dealkylation sites (tertiary alicyclic amines) is 1. The number of nitrogens with one attached hydrogen (secondary N) is 1. The normalized spacial score (nSPS) is 19.3. The van der Waals surface area contributed by atoms with E-state index in [1.54, 1.807) is 12.1 Å². The predicted molar refractivity (Wildman–Crippen MR) is 91.7 cm³/mol. The van der Waals surface area contributed by atoms with E-state index in [4.69, 9.17) is 5.26 Å². The van der Waals surface area contributed by atoms with Crippen LogP contribution in [0.25, 0.3) is 10.9 Å². The summed E-state index contributed by atoms with van der Waals surface area (Å²) in [4.78, 5) is 30.2. The third kappa shape index (κ3) is 3.60. The first kappa shape index (κ1) is 18.1. The van der Waals surface area contributed by atoms with Crippen LogP contribution in [0.2, 0.25) is 0 Å². The number of carbonyl (C=O) groups is 2. The molecular formula is C17H14F2N4O2S. The Balaban J connectivity index is 1.74. The molecule has 2 heterocycles. The van der Waals surface area contributed by atoms with Gasteiger partial charge in [0.1, 0.15) is 12.2 Å². The first-order valence-corrected chi connectivity index (χ1v) is 8.54. The molecule has 1 unspecified atom stereocenters. The van der Waals surface area contributed by atoms with Crippen LogP contribution in [0, 0.1) is 11.3 Å². The van der Waals surface area contributed by atoms with E-state index in [2.05, 4.69) is 10.3 Å². The van der Waals surface area contributed by atoms with Gasteiger partial charge in [-0.1, -0.05) is 0 Å². The van der Waals surface area contributed by atoms with Gasteiger partial charge in [-0.25, -0.2) is 4.39 Å². The van der Waals surface area contributed by atoms with Crippen molar-refractivity contribution in [1.29, 1.82) is 5.26 Å². The minimum Gasteiger partial charge on any atom is -0.343 e. The lowest BCUT2D eigenvalue weighted by Gasteiger charge is -2.19. The predicted octanol–water partition coefficient (Wildman–Crippen LogP) is 2.40. The van der Waals surface area contributed by atoms with Gasteiger partial charge >= 0.3 is 0 Å². The minimum atomic E-state index is -1.24. The lowest BCUT2D eigenvalue weighted by atomic mass is 10.1. The Morgan fingerprint density at radius 2 is 2.23 bits per heavy atom. The Bertz CT molecular complexity index is 902. The van der Waals surface area contributed by atoms with E-state index >= 15 is 0 Å². The molecular weight excluding hydrogens is 362 g/mol. The van der Waals surface area contributed by atoms with E-state index in [-0.39, 0.29) is 37.2 Å².